The maximum Gasteiger partial charge on any atom is 0.254 e. The largest absolute Gasteiger partial charge is 0.254 e. The number of hydrogen-bond acceptors (Lipinski definition) is 1. The predicted octanol–water partition coefficient (Wildman–Crippen LogP) is 12.0. The predicted molar refractivity (Wildman–Crippen MR) is 223 cm³/mol. The summed E-state index contributed by atoms with van der Waals surface area (Å²) in [5.41, 5.74) is 19.1. The normalized spacial score (nSPS) is 13.0. The van der Waals surface area contributed by atoms with Crippen LogP contribution in [0.15, 0.2) is 79.4 Å². The molecule has 5 aromatic rings. The van der Waals surface area contributed by atoms with Crippen molar-refractivity contribution in [2.45, 2.75) is 121 Å². The van der Waals surface area contributed by atoms with Crippen molar-refractivity contribution >= 4 is 17.7 Å². The number of aromatic nitrogens is 2. The van der Waals surface area contributed by atoms with Crippen LogP contribution in [0.2, 0.25) is 0 Å². The van der Waals surface area contributed by atoms with Crippen LogP contribution in [-0.2, 0) is 0 Å². The average molecular weight is 697 g/mol. The maximum atomic E-state index is 2.51. The molecule has 0 fully saturated rings. The summed E-state index contributed by atoms with van der Waals surface area (Å²) in [5.74, 6) is 2.06. The highest BCUT2D eigenvalue weighted by molar-refractivity contribution is 5.82. The SMILES string of the molecule is CC(C)c1cccc(C(C)C)c1N1C=[N+](c2c(C(C)C)cccc2C(C)C)CC1.Cc1cc(C)c(-n2cc[n+](-c3c(C)cc(C)cc3C)c2)c(C)c1. The van der Waals surface area contributed by atoms with Gasteiger partial charge in [0, 0.05) is 22.3 Å². The fraction of sp³-hybridized carbons (Fsp3) is 0.417. The molecule has 1 aliphatic heterocycles. The number of para-hydroxylation sites is 2. The number of imidazole rings is 1. The van der Waals surface area contributed by atoms with Crippen LogP contribution in [0, 0.1) is 41.5 Å². The van der Waals surface area contributed by atoms with E-state index in [9.17, 15) is 0 Å². The Labute approximate surface area is 315 Å². The zero-order valence-electron chi connectivity index (χ0n) is 34.6. The molecule has 4 nitrogen and oxygen atoms in total. The Morgan fingerprint density at radius 2 is 0.981 bits per heavy atom. The second-order valence-electron chi connectivity index (χ2n) is 16.4. The molecule has 0 saturated heterocycles. The van der Waals surface area contributed by atoms with Gasteiger partial charge >= 0.3 is 0 Å². The third kappa shape index (κ3) is 8.12. The second-order valence-corrected chi connectivity index (χ2v) is 16.4. The van der Waals surface area contributed by atoms with Gasteiger partial charge in [-0.15, -0.1) is 0 Å². The van der Waals surface area contributed by atoms with Crippen molar-refractivity contribution in [2.75, 3.05) is 18.0 Å². The Hall–Kier alpha value is -4.44. The van der Waals surface area contributed by atoms with E-state index in [1.165, 1.54) is 78.4 Å². The van der Waals surface area contributed by atoms with Crippen LogP contribution in [0.1, 0.15) is 135 Å². The van der Waals surface area contributed by atoms with Gasteiger partial charge in [-0.2, -0.15) is 0 Å². The molecule has 0 radical (unpaired) electrons. The van der Waals surface area contributed by atoms with E-state index in [0.29, 0.717) is 23.7 Å². The Bertz CT molecular complexity index is 1900. The minimum atomic E-state index is 0.514. The molecule has 6 rings (SSSR count). The van der Waals surface area contributed by atoms with E-state index in [1.54, 1.807) is 0 Å². The van der Waals surface area contributed by atoms with Crippen LogP contribution in [0.3, 0.4) is 0 Å². The first-order valence-corrected chi connectivity index (χ1v) is 19.5. The quantitative estimate of drug-likeness (QED) is 0.147. The van der Waals surface area contributed by atoms with E-state index < -0.39 is 0 Å². The molecule has 4 aromatic carbocycles. The van der Waals surface area contributed by atoms with Gasteiger partial charge in [0.05, 0.1) is 0 Å². The van der Waals surface area contributed by atoms with Crippen molar-refractivity contribution in [1.82, 2.24) is 4.57 Å². The highest BCUT2D eigenvalue weighted by atomic mass is 15.3. The summed E-state index contributed by atoms with van der Waals surface area (Å²) in [6, 6.07) is 22.7. The first-order valence-electron chi connectivity index (χ1n) is 19.5. The minimum absolute atomic E-state index is 0.514. The van der Waals surface area contributed by atoms with Gasteiger partial charge in [-0.25, -0.2) is 18.6 Å². The van der Waals surface area contributed by atoms with E-state index in [2.05, 4.69) is 201 Å². The van der Waals surface area contributed by atoms with Crippen LogP contribution < -0.4 is 9.47 Å². The zero-order valence-corrected chi connectivity index (χ0v) is 34.6. The lowest BCUT2D eigenvalue weighted by molar-refractivity contribution is -0.595. The topological polar surface area (TPSA) is 15.1 Å². The van der Waals surface area contributed by atoms with Gasteiger partial charge in [0.1, 0.15) is 48.2 Å². The van der Waals surface area contributed by atoms with Gasteiger partial charge in [0.15, 0.2) is 0 Å². The summed E-state index contributed by atoms with van der Waals surface area (Å²) in [4.78, 5) is 2.51. The molecular weight excluding hydrogens is 633 g/mol. The summed E-state index contributed by atoms with van der Waals surface area (Å²) >= 11 is 0. The summed E-state index contributed by atoms with van der Waals surface area (Å²) in [7, 11) is 0. The van der Waals surface area contributed by atoms with Crippen molar-refractivity contribution in [3.63, 3.8) is 0 Å². The lowest BCUT2D eigenvalue weighted by Gasteiger charge is -2.20. The Kier molecular flexibility index (Phi) is 12.0. The van der Waals surface area contributed by atoms with Crippen molar-refractivity contribution in [1.29, 1.82) is 0 Å². The van der Waals surface area contributed by atoms with E-state index in [-0.39, 0.29) is 0 Å². The van der Waals surface area contributed by atoms with Gasteiger partial charge in [0.2, 0.25) is 6.34 Å². The molecule has 0 aliphatic carbocycles. The molecule has 1 aliphatic rings. The Morgan fingerprint density at radius 3 is 1.44 bits per heavy atom. The second kappa shape index (κ2) is 16.1. The van der Waals surface area contributed by atoms with E-state index >= 15 is 0 Å². The molecule has 274 valence electrons. The van der Waals surface area contributed by atoms with Crippen LogP contribution in [-0.4, -0.2) is 28.6 Å². The third-order valence-corrected chi connectivity index (χ3v) is 10.5. The molecule has 0 atom stereocenters. The molecule has 0 spiro atoms. The van der Waals surface area contributed by atoms with Gasteiger partial charge < -0.3 is 0 Å². The minimum Gasteiger partial charge on any atom is -0.229 e. The maximum absolute atomic E-state index is 2.51. The highest BCUT2D eigenvalue weighted by Gasteiger charge is 2.31. The third-order valence-electron chi connectivity index (χ3n) is 10.5. The van der Waals surface area contributed by atoms with E-state index in [4.69, 9.17) is 0 Å². The summed E-state index contributed by atoms with van der Waals surface area (Å²) in [6.45, 7) is 33.6. The molecule has 0 N–H and O–H groups in total. The van der Waals surface area contributed by atoms with E-state index in [0.717, 1.165) is 13.1 Å². The van der Waals surface area contributed by atoms with Crippen molar-refractivity contribution < 1.29 is 9.14 Å². The highest BCUT2D eigenvalue weighted by Crippen LogP contribution is 2.38. The monoisotopic (exact) mass is 697 g/mol. The molecule has 0 saturated carbocycles. The van der Waals surface area contributed by atoms with Crippen LogP contribution in [0.4, 0.5) is 11.4 Å². The first-order chi connectivity index (χ1) is 24.6. The molecular formula is C48H64N4+2. The number of nitrogens with zero attached hydrogens (tertiary/aromatic N) is 4. The molecule has 0 unspecified atom stereocenters. The summed E-state index contributed by atoms with van der Waals surface area (Å²) in [6.07, 6.45) is 8.84. The van der Waals surface area contributed by atoms with Gasteiger partial charge in [-0.3, -0.25) is 0 Å². The van der Waals surface area contributed by atoms with Crippen LogP contribution in [0.5, 0.6) is 0 Å². The zero-order chi connectivity index (χ0) is 38.0. The molecule has 2 heterocycles. The standard InChI is InChI=1S/C27H39N2.C21H25N2/c1-18(2)22-11-9-12-23(19(3)4)26(22)28-15-16-29(17-28)27-24(20(5)6)13-10-14-25(27)21(7)8;1-14-9-16(3)20(17(4)10-14)22-7-8-23(13-22)21-18(5)11-15(2)12-19(21)6/h9-14,17-21H,15-16H2,1-8H3;7-13H,1-6H3/q2*+1. The summed E-state index contributed by atoms with van der Waals surface area (Å²) < 4.78 is 6.96. The first kappa shape index (κ1) is 38.8. The number of aryl methyl sites for hydroxylation is 6. The number of hydrogen-bond donors (Lipinski definition) is 0. The van der Waals surface area contributed by atoms with Crippen molar-refractivity contribution in [2.24, 2.45) is 0 Å². The van der Waals surface area contributed by atoms with Crippen LogP contribution in [0.25, 0.3) is 11.4 Å². The summed E-state index contributed by atoms with van der Waals surface area (Å²) in [5, 5.41) is 0. The molecule has 1 aromatic heterocycles. The van der Waals surface area contributed by atoms with Crippen LogP contribution >= 0.6 is 0 Å². The fourth-order valence-corrected chi connectivity index (χ4v) is 8.30. The molecule has 4 heteroatoms. The number of rotatable bonds is 8. The lowest BCUT2D eigenvalue weighted by Crippen LogP contribution is -2.30. The molecule has 0 bridgehead atoms. The lowest BCUT2D eigenvalue weighted by atomic mass is 9.92. The number of anilines is 1. The smallest absolute Gasteiger partial charge is 0.229 e. The van der Waals surface area contributed by atoms with Gasteiger partial charge in [0.25, 0.3) is 6.33 Å². The Morgan fingerprint density at radius 1 is 0.538 bits per heavy atom. The molecule has 52 heavy (non-hydrogen) atoms. The fourth-order valence-electron chi connectivity index (χ4n) is 8.30. The van der Waals surface area contributed by atoms with E-state index in [1.807, 2.05) is 0 Å². The van der Waals surface area contributed by atoms with Crippen molar-refractivity contribution in [3.8, 4) is 11.4 Å². The Balaban J connectivity index is 0.000000206. The van der Waals surface area contributed by atoms with Gasteiger partial charge in [-0.05, 0) is 87.5 Å². The van der Waals surface area contributed by atoms with Gasteiger partial charge in [-0.1, -0.05) is 127 Å². The number of benzene rings is 4. The average Bonchev–Trinajstić information content (AvgIpc) is 3.74. The molecule has 0 amide bonds. The van der Waals surface area contributed by atoms with Crippen molar-refractivity contribution in [3.05, 3.63) is 135 Å².